The second kappa shape index (κ2) is 7.53. The van der Waals surface area contributed by atoms with E-state index in [1.165, 1.54) is 12.8 Å². The van der Waals surface area contributed by atoms with Gasteiger partial charge in [-0.1, -0.05) is 22.0 Å². The topological polar surface area (TPSA) is 15.3 Å². The first-order chi connectivity index (χ1) is 9.56. The first-order valence-corrected chi connectivity index (χ1v) is 8.24. The van der Waals surface area contributed by atoms with E-state index < -0.39 is 0 Å². The molecule has 0 aromatic heterocycles. The Bertz CT molecular complexity index is 430. The lowest BCUT2D eigenvalue weighted by Crippen LogP contribution is -2.40. The molecule has 20 heavy (non-hydrogen) atoms. The van der Waals surface area contributed by atoms with Crippen molar-refractivity contribution in [2.45, 2.75) is 39.3 Å². The van der Waals surface area contributed by atoms with Crippen LogP contribution in [0.4, 0.5) is 4.39 Å². The molecule has 1 aromatic carbocycles. The lowest BCUT2D eigenvalue weighted by molar-refractivity contribution is 0.163. The molecule has 1 fully saturated rings. The van der Waals surface area contributed by atoms with E-state index in [4.69, 9.17) is 0 Å². The quantitative estimate of drug-likeness (QED) is 0.875. The van der Waals surface area contributed by atoms with Crippen molar-refractivity contribution in [1.29, 1.82) is 0 Å². The van der Waals surface area contributed by atoms with Crippen LogP contribution in [0, 0.1) is 11.7 Å². The summed E-state index contributed by atoms with van der Waals surface area (Å²) in [6, 6.07) is 5.47. The molecule has 1 aliphatic heterocycles. The number of hydrogen-bond donors (Lipinski definition) is 1. The highest BCUT2D eigenvalue weighted by Crippen LogP contribution is 2.22. The number of hydrogen-bond acceptors (Lipinski definition) is 2. The molecule has 2 rings (SSSR count). The molecule has 1 aromatic rings. The summed E-state index contributed by atoms with van der Waals surface area (Å²) < 4.78 is 14.0. The Hall–Kier alpha value is -0.450. The van der Waals surface area contributed by atoms with Crippen molar-refractivity contribution in [2.75, 3.05) is 19.6 Å². The van der Waals surface area contributed by atoms with Crippen LogP contribution in [-0.2, 0) is 6.54 Å². The highest BCUT2D eigenvalue weighted by molar-refractivity contribution is 9.10. The Morgan fingerprint density at radius 1 is 1.45 bits per heavy atom. The van der Waals surface area contributed by atoms with Crippen molar-refractivity contribution in [2.24, 2.45) is 5.92 Å². The third-order valence-electron chi connectivity index (χ3n) is 4.01. The van der Waals surface area contributed by atoms with Crippen molar-refractivity contribution >= 4 is 15.9 Å². The standard InChI is InChI=1S/C16H24BrFN2/c1-12(2)20(10-13-4-3-7-19-9-13)11-14-5-6-15(18)8-16(14)17/h5-6,8,12-13,19H,3-4,7,9-11H2,1-2H3. The zero-order valence-corrected chi connectivity index (χ0v) is 13.9. The van der Waals surface area contributed by atoms with Crippen LogP contribution < -0.4 is 5.32 Å². The van der Waals surface area contributed by atoms with Crippen LogP contribution in [0.2, 0.25) is 0 Å². The SMILES string of the molecule is CC(C)N(Cc1ccc(F)cc1Br)CC1CCCNC1. The monoisotopic (exact) mass is 342 g/mol. The van der Waals surface area contributed by atoms with Gasteiger partial charge in [0.25, 0.3) is 0 Å². The van der Waals surface area contributed by atoms with E-state index >= 15 is 0 Å². The summed E-state index contributed by atoms with van der Waals surface area (Å²) in [7, 11) is 0. The summed E-state index contributed by atoms with van der Waals surface area (Å²) in [5, 5.41) is 3.48. The molecule has 1 unspecified atom stereocenters. The van der Waals surface area contributed by atoms with Crippen LogP contribution in [0.15, 0.2) is 22.7 Å². The molecule has 1 atom stereocenters. The van der Waals surface area contributed by atoms with E-state index in [-0.39, 0.29) is 5.82 Å². The summed E-state index contributed by atoms with van der Waals surface area (Å²) in [4.78, 5) is 2.48. The van der Waals surface area contributed by atoms with Gasteiger partial charge in [0.15, 0.2) is 0 Å². The van der Waals surface area contributed by atoms with Crippen LogP contribution in [0.5, 0.6) is 0 Å². The van der Waals surface area contributed by atoms with Gasteiger partial charge in [0.05, 0.1) is 0 Å². The molecule has 0 bridgehead atoms. The van der Waals surface area contributed by atoms with Gasteiger partial charge in [-0.05, 0) is 63.4 Å². The number of nitrogens with one attached hydrogen (secondary N) is 1. The van der Waals surface area contributed by atoms with E-state index in [0.29, 0.717) is 6.04 Å². The number of nitrogens with zero attached hydrogens (tertiary/aromatic N) is 1. The second-order valence-corrected chi connectivity index (χ2v) is 6.83. The molecule has 0 aliphatic carbocycles. The molecule has 1 aliphatic rings. The maximum atomic E-state index is 13.2. The average molecular weight is 343 g/mol. The van der Waals surface area contributed by atoms with Crippen molar-refractivity contribution in [3.63, 3.8) is 0 Å². The smallest absolute Gasteiger partial charge is 0.124 e. The van der Waals surface area contributed by atoms with Gasteiger partial charge in [0.2, 0.25) is 0 Å². The van der Waals surface area contributed by atoms with Gasteiger partial charge < -0.3 is 5.32 Å². The van der Waals surface area contributed by atoms with Gasteiger partial charge in [-0.25, -0.2) is 4.39 Å². The van der Waals surface area contributed by atoms with Crippen molar-refractivity contribution in [1.82, 2.24) is 10.2 Å². The maximum absolute atomic E-state index is 13.2. The summed E-state index contributed by atoms with van der Waals surface area (Å²) in [6.45, 7) is 8.71. The Labute approximate surface area is 129 Å². The Morgan fingerprint density at radius 3 is 2.85 bits per heavy atom. The lowest BCUT2D eigenvalue weighted by Gasteiger charge is -2.33. The molecule has 1 saturated heterocycles. The molecule has 1 N–H and O–H groups in total. The van der Waals surface area contributed by atoms with Gasteiger partial charge in [-0.15, -0.1) is 0 Å². The first kappa shape index (κ1) is 15.9. The van der Waals surface area contributed by atoms with Gasteiger partial charge in [-0.3, -0.25) is 4.90 Å². The fraction of sp³-hybridized carbons (Fsp3) is 0.625. The Balaban J connectivity index is 2.01. The zero-order valence-electron chi connectivity index (χ0n) is 12.3. The van der Waals surface area contributed by atoms with Gasteiger partial charge in [0.1, 0.15) is 5.82 Å². The number of benzene rings is 1. The normalized spacial score (nSPS) is 19.8. The van der Waals surface area contributed by atoms with Gasteiger partial charge in [-0.2, -0.15) is 0 Å². The van der Waals surface area contributed by atoms with Crippen molar-refractivity contribution in [3.8, 4) is 0 Å². The minimum Gasteiger partial charge on any atom is -0.316 e. The Morgan fingerprint density at radius 2 is 2.25 bits per heavy atom. The van der Waals surface area contributed by atoms with E-state index in [1.807, 2.05) is 6.07 Å². The third kappa shape index (κ3) is 4.54. The van der Waals surface area contributed by atoms with Crippen LogP contribution in [-0.4, -0.2) is 30.6 Å². The van der Waals surface area contributed by atoms with Crippen LogP contribution in [0.1, 0.15) is 32.3 Å². The average Bonchev–Trinajstić information content (AvgIpc) is 2.42. The van der Waals surface area contributed by atoms with E-state index in [9.17, 15) is 4.39 Å². The summed E-state index contributed by atoms with van der Waals surface area (Å²) in [5.41, 5.74) is 1.16. The highest BCUT2D eigenvalue weighted by Gasteiger charge is 2.19. The molecule has 4 heteroatoms. The molecular formula is C16H24BrFN2. The molecule has 0 saturated carbocycles. The highest BCUT2D eigenvalue weighted by atomic mass is 79.9. The number of halogens is 2. The number of piperidine rings is 1. The molecule has 2 nitrogen and oxygen atoms in total. The predicted octanol–water partition coefficient (Wildman–Crippen LogP) is 3.80. The summed E-state index contributed by atoms with van der Waals surface area (Å²) in [6.07, 6.45) is 2.58. The van der Waals surface area contributed by atoms with Gasteiger partial charge in [0, 0.05) is 23.6 Å². The summed E-state index contributed by atoms with van der Waals surface area (Å²) in [5.74, 6) is 0.540. The van der Waals surface area contributed by atoms with Crippen LogP contribution >= 0.6 is 15.9 Å². The van der Waals surface area contributed by atoms with Crippen LogP contribution in [0.25, 0.3) is 0 Å². The second-order valence-electron chi connectivity index (χ2n) is 5.97. The van der Waals surface area contributed by atoms with E-state index in [1.54, 1.807) is 12.1 Å². The van der Waals surface area contributed by atoms with Crippen LogP contribution in [0.3, 0.4) is 0 Å². The molecule has 112 valence electrons. The molecule has 1 heterocycles. The molecule has 0 amide bonds. The van der Waals surface area contributed by atoms with Crippen molar-refractivity contribution in [3.05, 3.63) is 34.1 Å². The minimum absolute atomic E-state index is 0.187. The lowest BCUT2D eigenvalue weighted by atomic mass is 9.98. The molecule has 0 spiro atoms. The molecular weight excluding hydrogens is 319 g/mol. The first-order valence-electron chi connectivity index (χ1n) is 7.45. The van der Waals surface area contributed by atoms with Gasteiger partial charge >= 0.3 is 0 Å². The Kier molecular flexibility index (Phi) is 6.00. The van der Waals surface area contributed by atoms with Crippen molar-refractivity contribution < 1.29 is 4.39 Å². The fourth-order valence-electron chi connectivity index (χ4n) is 2.74. The zero-order chi connectivity index (χ0) is 14.5. The maximum Gasteiger partial charge on any atom is 0.124 e. The fourth-order valence-corrected chi connectivity index (χ4v) is 3.21. The van der Waals surface area contributed by atoms with E-state index in [2.05, 4.69) is 40.0 Å². The largest absolute Gasteiger partial charge is 0.316 e. The number of rotatable bonds is 5. The van der Waals surface area contributed by atoms with E-state index in [0.717, 1.165) is 42.1 Å². The predicted molar refractivity (Wildman–Crippen MR) is 85.2 cm³/mol. The minimum atomic E-state index is -0.187. The summed E-state index contributed by atoms with van der Waals surface area (Å²) >= 11 is 3.47. The molecule has 0 radical (unpaired) electrons. The third-order valence-corrected chi connectivity index (χ3v) is 4.75.